The lowest BCUT2D eigenvalue weighted by atomic mass is 9.87. The van der Waals surface area contributed by atoms with Crippen LogP contribution < -0.4 is 5.73 Å². The quantitative estimate of drug-likeness (QED) is 0.396. The molecule has 0 bridgehead atoms. The predicted molar refractivity (Wildman–Crippen MR) is 90.6 cm³/mol. The van der Waals surface area contributed by atoms with Crippen LogP contribution in [0.3, 0.4) is 0 Å². The summed E-state index contributed by atoms with van der Waals surface area (Å²) in [5.74, 6) is -0.476. The molecule has 6 heteroatoms. The number of halogens is 1. The maximum Gasteiger partial charge on any atom is 0.377 e. The molecule has 4 nitrogen and oxygen atoms in total. The number of thiophene rings is 1. The average Bonchev–Trinajstić information content (AvgIpc) is 2.90. The summed E-state index contributed by atoms with van der Waals surface area (Å²) in [6.07, 6.45) is 0. The molecule has 0 atom stereocenters. The van der Waals surface area contributed by atoms with E-state index < -0.39 is 5.97 Å². The van der Waals surface area contributed by atoms with E-state index in [9.17, 15) is 4.79 Å². The first-order chi connectivity index (χ1) is 10.3. The van der Waals surface area contributed by atoms with Crippen LogP contribution in [0.25, 0.3) is 0 Å². The Morgan fingerprint density at radius 1 is 1.23 bits per heavy atom. The summed E-state index contributed by atoms with van der Waals surface area (Å²) in [4.78, 5) is 16.9. The number of carbonyl (C=O) groups is 1. The van der Waals surface area contributed by atoms with Gasteiger partial charge < -0.3 is 10.6 Å². The number of nitrogens with zero attached hydrogens (tertiary/aromatic N) is 1. The Morgan fingerprint density at radius 2 is 1.86 bits per heavy atom. The highest BCUT2D eigenvalue weighted by Crippen LogP contribution is 2.23. The molecule has 0 saturated heterocycles. The van der Waals surface area contributed by atoms with Crippen LogP contribution in [-0.4, -0.2) is 11.8 Å². The van der Waals surface area contributed by atoms with E-state index in [-0.39, 0.29) is 11.3 Å². The van der Waals surface area contributed by atoms with Gasteiger partial charge in [0.15, 0.2) is 5.84 Å². The van der Waals surface area contributed by atoms with Crippen molar-refractivity contribution in [2.45, 2.75) is 26.2 Å². The summed E-state index contributed by atoms with van der Waals surface area (Å²) in [5.41, 5.74) is 7.78. The van der Waals surface area contributed by atoms with Crippen LogP contribution in [0.2, 0.25) is 5.02 Å². The fourth-order valence-electron chi connectivity index (χ4n) is 1.77. The molecule has 1 heterocycles. The molecule has 0 radical (unpaired) electrons. The van der Waals surface area contributed by atoms with Gasteiger partial charge in [0.05, 0.1) is 5.02 Å². The fraction of sp³-hybridized carbons (Fsp3) is 0.250. The van der Waals surface area contributed by atoms with Gasteiger partial charge in [-0.15, -0.1) is 11.3 Å². The van der Waals surface area contributed by atoms with Gasteiger partial charge in [0.2, 0.25) is 0 Å². The van der Waals surface area contributed by atoms with Crippen molar-refractivity contribution in [3.8, 4) is 0 Å². The summed E-state index contributed by atoms with van der Waals surface area (Å²) in [6.45, 7) is 6.39. The van der Waals surface area contributed by atoms with Crippen molar-refractivity contribution in [2.24, 2.45) is 10.9 Å². The van der Waals surface area contributed by atoms with E-state index >= 15 is 0 Å². The molecule has 2 aromatic rings. The molecular weight excluding hydrogens is 320 g/mol. The van der Waals surface area contributed by atoms with Crippen molar-refractivity contribution < 1.29 is 9.63 Å². The smallest absolute Gasteiger partial charge is 0.377 e. The molecule has 2 N–H and O–H groups in total. The molecule has 1 aromatic carbocycles. The van der Waals surface area contributed by atoms with Crippen molar-refractivity contribution in [1.82, 2.24) is 0 Å². The number of nitrogens with two attached hydrogens (primary N) is 1. The summed E-state index contributed by atoms with van der Waals surface area (Å²) in [5, 5.41) is 5.73. The van der Waals surface area contributed by atoms with Crippen LogP contribution in [-0.2, 0) is 10.3 Å². The Labute approximate surface area is 138 Å². The number of hydrogen-bond acceptors (Lipinski definition) is 4. The highest BCUT2D eigenvalue weighted by molar-refractivity contribution is 7.12. The summed E-state index contributed by atoms with van der Waals surface area (Å²) in [6, 6.07) is 9.29. The van der Waals surface area contributed by atoms with Crippen molar-refractivity contribution in [3.63, 3.8) is 0 Å². The van der Waals surface area contributed by atoms with Crippen LogP contribution in [0.1, 0.15) is 41.6 Å². The summed E-state index contributed by atoms with van der Waals surface area (Å²) in [7, 11) is 0. The van der Waals surface area contributed by atoms with Crippen LogP contribution in [0.15, 0.2) is 40.9 Å². The highest BCUT2D eigenvalue weighted by Gasteiger charge is 2.15. The van der Waals surface area contributed by atoms with Gasteiger partial charge in [-0.2, -0.15) is 0 Å². The molecule has 2 rings (SSSR count). The first-order valence-electron chi connectivity index (χ1n) is 6.68. The van der Waals surface area contributed by atoms with Gasteiger partial charge in [-0.1, -0.05) is 61.8 Å². The number of oxime groups is 1. The largest absolute Gasteiger partial charge is 0.380 e. The number of carbonyl (C=O) groups excluding carboxylic acids is 1. The van der Waals surface area contributed by atoms with Gasteiger partial charge in [-0.25, -0.2) is 4.79 Å². The molecule has 0 amide bonds. The van der Waals surface area contributed by atoms with Crippen molar-refractivity contribution in [3.05, 3.63) is 56.7 Å². The normalized spacial score (nSPS) is 12.3. The minimum absolute atomic E-state index is 0.0623. The lowest BCUT2D eigenvalue weighted by Gasteiger charge is -2.18. The second kappa shape index (κ2) is 6.50. The lowest BCUT2D eigenvalue weighted by Crippen LogP contribution is -2.16. The Balaban J connectivity index is 2.09. The van der Waals surface area contributed by atoms with E-state index in [0.717, 1.165) is 0 Å². The Bertz CT molecular complexity index is 700. The topological polar surface area (TPSA) is 64.7 Å². The van der Waals surface area contributed by atoms with E-state index in [1.54, 1.807) is 11.4 Å². The third-order valence-corrected chi connectivity index (χ3v) is 4.40. The monoisotopic (exact) mass is 336 g/mol. The zero-order chi connectivity index (χ0) is 16.3. The SMILES string of the molecule is CC(C)(C)c1ccc(C(N)=NOC(=O)c2sccc2Cl)cc1. The van der Waals surface area contributed by atoms with Crippen LogP contribution >= 0.6 is 22.9 Å². The zero-order valence-corrected chi connectivity index (χ0v) is 14.2. The van der Waals surface area contributed by atoms with E-state index in [2.05, 4.69) is 25.9 Å². The molecule has 0 fully saturated rings. The Morgan fingerprint density at radius 3 is 2.36 bits per heavy atom. The van der Waals surface area contributed by atoms with Gasteiger partial charge in [0.1, 0.15) is 4.88 Å². The van der Waals surface area contributed by atoms with Crippen molar-refractivity contribution >= 4 is 34.7 Å². The molecule has 22 heavy (non-hydrogen) atoms. The molecule has 0 unspecified atom stereocenters. The maximum absolute atomic E-state index is 11.8. The van der Waals surface area contributed by atoms with Gasteiger partial charge in [-0.05, 0) is 22.4 Å². The fourth-order valence-corrected chi connectivity index (χ4v) is 2.77. The van der Waals surface area contributed by atoms with E-state index in [1.165, 1.54) is 16.9 Å². The van der Waals surface area contributed by atoms with Crippen molar-refractivity contribution in [1.29, 1.82) is 0 Å². The third-order valence-electron chi connectivity index (χ3n) is 3.08. The Kier molecular flexibility index (Phi) is 4.88. The lowest BCUT2D eigenvalue weighted by molar-refractivity contribution is 0.0522. The summed E-state index contributed by atoms with van der Waals surface area (Å²) >= 11 is 7.05. The van der Waals surface area contributed by atoms with Crippen LogP contribution in [0, 0.1) is 0 Å². The molecule has 0 aliphatic rings. The minimum atomic E-state index is -0.616. The predicted octanol–water partition coefficient (Wildman–Crippen LogP) is 4.18. The first-order valence-corrected chi connectivity index (χ1v) is 7.93. The first kappa shape index (κ1) is 16.5. The number of rotatable bonds is 3. The maximum atomic E-state index is 11.8. The number of amidine groups is 1. The van der Waals surface area contributed by atoms with Gasteiger partial charge in [0.25, 0.3) is 0 Å². The van der Waals surface area contributed by atoms with Gasteiger partial charge in [-0.3, -0.25) is 0 Å². The Hall–Kier alpha value is -1.85. The zero-order valence-electron chi connectivity index (χ0n) is 12.6. The minimum Gasteiger partial charge on any atom is -0.380 e. The van der Waals surface area contributed by atoms with Gasteiger partial charge in [0, 0.05) is 5.56 Å². The molecule has 1 aromatic heterocycles. The molecule has 0 aliphatic heterocycles. The molecule has 0 spiro atoms. The van der Waals surface area contributed by atoms with E-state index in [0.29, 0.717) is 15.5 Å². The highest BCUT2D eigenvalue weighted by atomic mass is 35.5. The van der Waals surface area contributed by atoms with Crippen molar-refractivity contribution in [2.75, 3.05) is 0 Å². The van der Waals surface area contributed by atoms with Gasteiger partial charge >= 0.3 is 5.97 Å². The molecular formula is C16H17ClN2O2S. The second-order valence-corrected chi connectivity index (χ2v) is 7.10. The molecule has 0 saturated carbocycles. The van der Waals surface area contributed by atoms with E-state index in [1.807, 2.05) is 24.3 Å². The second-order valence-electron chi connectivity index (χ2n) is 5.78. The average molecular weight is 337 g/mol. The number of hydrogen-bond donors (Lipinski definition) is 1. The van der Waals surface area contributed by atoms with E-state index in [4.69, 9.17) is 22.2 Å². The summed E-state index contributed by atoms with van der Waals surface area (Å²) < 4.78 is 0. The molecule has 0 aliphatic carbocycles. The van der Waals surface area contributed by atoms with Crippen LogP contribution in [0.4, 0.5) is 0 Å². The standard InChI is InChI=1S/C16H17ClN2O2S/c1-16(2,3)11-6-4-10(5-7-11)14(18)19-21-15(20)13-12(17)8-9-22-13/h4-9H,1-3H3,(H2,18,19). The number of benzene rings is 1. The van der Waals surface area contributed by atoms with Crippen LogP contribution in [0.5, 0.6) is 0 Å². The molecule has 116 valence electrons. The third kappa shape index (κ3) is 3.87.